The number of benzene rings is 2. The summed E-state index contributed by atoms with van der Waals surface area (Å²) >= 11 is 0. The van der Waals surface area contributed by atoms with Gasteiger partial charge in [0.1, 0.15) is 5.82 Å². The number of halogens is 4. The zero-order valence-corrected chi connectivity index (χ0v) is 32.6. The maximum absolute atomic E-state index is 12.2. The van der Waals surface area contributed by atoms with E-state index in [2.05, 4.69) is 23.7 Å². The molecule has 0 bridgehead atoms. The summed E-state index contributed by atoms with van der Waals surface area (Å²) in [5.74, 6) is 0.661. The molecule has 2 N–H and O–H groups in total. The van der Waals surface area contributed by atoms with E-state index >= 15 is 0 Å². The van der Waals surface area contributed by atoms with Gasteiger partial charge in [-0.25, -0.2) is 4.39 Å². The molecule has 0 aromatic heterocycles. The second kappa shape index (κ2) is 29.2. The topological polar surface area (TPSA) is 76.1 Å². The van der Waals surface area contributed by atoms with Gasteiger partial charge in [-0.05, 0) is 88.6 Å². The number of alkyl halides is 3. The number of amides is 2. The van der Waals surface area contributed by atoms with Crippen LogP contribution in [0.5, 0.6) is 0 Å². The Kier molecular flexibility index (Phi) is 27.4. The minimum atomic E-state index is -4.31. The number of nitrogens with one attached hydrogen (secondary N) is 1. The lowest BCUT2D eigenvalue weighted by Gasteiger charge is -2.31. The largest absolute Gasteiger partial charge is 0.416 e. The van der Waals surface area contributed by atoms with Crippen molar-refractivity contribution in [2.75, 3.05) is 39.8 Å². The summed E-state index contributed by atoms with van der Waals surface area (Å²) in [5, 5.41) is 13.6. The highest BCUT2D eigenvalue weighted by Crippen LogP contribution is 2.29. The number of rotatable bonds is 12. The Morgan fingerprint density at radius 1 is 0.981 bits per heavy atom. The van der Waals surface area contributed by atoms with E-state index in [0.717, 1.165) is 63.0 Å². The van der Waals surface area contributed by atoms with Crippen molar-refractivity contribution in [2.45, 2.75) is 118 Å². The van der Waals surface area contributed by atoms with Gasteiger partial charge in [0.05, 0.1) is 5.56 Å². The van der Waals surface area contributed by atoms with Gasteiger partial charge in [-0.15, -0.1) is 0 Å². The van der Waals surface area contributed by atoms with Crippen LogP contribution in [0.15, 0.2) is 66.7 Å². The van der Waals surface area contributed by atoms with Crippen LogP contribution in [-0.2, 0) is 22.3 Å². The van der Waals surface area contributed by atoms with Gasteiger partial charge in [0.2, 0.25) is 12.3 Å². The van der Waals surface area contributed by atoms with Gasteiger partial charge in [0.15, 0.2) is 0 Å². The molecule has 0 spiro atoms. The molecule has 1 unspecified atom stereocenters. The Morgan fingerprint density at radius 2 is 1.54 bits per heavy atom. The van der Waals surface area contributed by atoms with Crippen LogP contribution < -0.4 is 5.32 Å². The maximum atomic E-state index is 12.2. The van der Waals surface area contributed by atoms with E-state index in [1.54, 1.807) is 32.2 Å². The van der Waals surface area contributed by atoms with Gasteiger partial charge >= 0.3 is 6.18 Å². The molecule has 296 valence electrons. The van der Waals surface area contributed by atoms with Crippen LogP contribution in [-0.4, -0.2) is 78.2 Å². The average Bonchev–Trinajstić information content (AvgIpc) is 3.16. The van der Waals surface area contributed by atoms with Gasteiger partial charge in [0, 0.05) is 58.3 Å². The van der Waals surface area contributed by atoms with Crippen molar-refractivity contribution >= 4 is 12.3 Å². The van der Waals surface area contributed by atoms with E-state index in [4.69, 9.17) is 5.21 Å². The number of carbonyl (C=O) groups is 2. The fourth-order valence-corrected chi connectivity index (χ4v) is 5.51. The number of hydrogen-bond donors (Lipinski definition) is 2. The molecule has 1 saturated heterocycles. The Labute approximate surface area is 311 Å². The van der Waals surface area contributed by atoms with Crippen molar-refractivity contribution in [3.8, 4) is 0 Å². The Morgan fingerprint density at radius 3 is 1.96 bits per heavy atom. The molecule has 1 aliphatic carbocycles. The lowest BCUT2D eigenvalue weighted by molar-refractivity contribution is -0.138. The molecule has 4 rings (SSSR count). The highest BCUT2D eigenvalue weighted by molar-refractivity contribution is 5.79. The van der Waals surface area contributed by atoms with E-state index in [-0.39, 0.29) is 5.82 Å². The molecule has 2 aliphatic rings. The lowest BCUT2D eigenvalue weighted by atomic mass is 9.88. The summed E-state index contributed by atoms with van der Waals surface area (Å²) in [4.78, 5) is 26.2. The Balaban J connectivity index is 0.000000674. The SMILES string of the molecule is C=C(C)CNC(CC)CCN(C)O.CC.CCN(C=O)Cc1ccc(C(F)(F)F)cc1.Fc1ccccc1.O=C(C1CCCCC1)N1CCCCC1. The number of carbonyl (C=O) groups excluding carboxylic acids is 2. The van der Waals surface area contributed by atoms with E-state index < -0.39 is 11.7 Å². The minimum absolute atomic E-state index is 0.178. The highest BCUT2D eigenvalue weighted by atomic mass is 19.4. The minimum Gasteiger partial charge on any atom is -0.342 e. The average molecular weight is 739 g/mol. The van der Waals surface area contributed by atoms with Crippen molar-refractivity contribution in [3.05, 3.63) is 83.7 Å². The number of hydrogen-bond acceptors (Lipinski definition) is 5. The van der Waals surface area contributed by atoms with Crippen LogP contribution in [0.1, 0.15) is 110 Å². The molecule has 1 aliphatic heterocycles. The first-order valence-electron chi connectivity index (χ1n) is 18.9. The number of hydroxylamine groups is 2. The first kappa shape index (κ1) is 48.7. The maximum Gasteiger partial charge on any atom is 0.416 e. The smallest absolute Gasteiger partial charge is 0.342 e. The molecule has 1 heterocycles. The third kappa shape index (κ3) is 23.3. The standard InChI is InChI=1S/C12H21NO.C11H12F3NO.C10H22N2O.C6H5F.C2H6/c14-12(11-7-3-1-4-8-11)13-9-5-2-6-10-13;1-2-15(8-16)7-9-3-5-10(6-4-9)11(12,13)14;1-5-10(6-7-12(4)13)11-8-9(2)3;7-6-4-2-1-3-5-6;1-2/h11H,1-10H2;3-6,8H,2,7H2,1H3;10-11,13H,2,5-8H2,1,3-4H3;1-5H;1-2H3. The fourth-order valence-electron chi connectivity index (χ4n) is 5.51. The molecule has 2 aromatic carbocycles. The van der Waals surface area contributed by atoms with Gasteiger partial charge in [-0.1, -0.05) is 82.5 Å². The van der Waals surface area contributed by atoms with Crippen molar-refractivity contribution < 1.29 is 32.4 Å². The molecule has 2 aromatic rings. The van der Waals surface area contributed by atoms with Crippen molar-refractivity contribution in [1.29, 1.82) is 0 Å². The summed E-state index contributed by atoms with van der Waals surface area (Å²) in [6.07, 6.45) is 8.34. The molecular formula is C41H66F4N4O3. The number of piperidine rings is 1. The second-order valence-corrected chi connectivity index (χ2v) is 13.0. The fraction of sp³-hybridized carbons (Fsp3) is 0.610. The molecule has 0 radical (unpaired) electrons. The van der Waals surface area contributed by atoms with Gasteiger partial charge in [-0.2, -0.15) is 18.2 Å². The third-order valence-corrected chi connectivity index (χ3v) is 8.56. The van der Waals surface area contributed by atoms with E-state index in [1.807, 2.05) is 20.8 Å². The van der Waals surface area contributed by atoms with E-state index in [1.165, 1.54) is 72.8 Å². The molecule has 2 amide bonds. The molecule has 11 heteroatoms. The number of likely N-dealkylation sites (tertiary alicyclic amines) is 1. The molecular weight excluding hydrogens is 672 g/mol. The summed E-state index contributed by atoms with van der Waals surface area (Å²) in [6, 6.07) is 13.2. The van der Waals surface area contributed by atoms with Gasteiger partial charge in [-0.3, -0.25) is 9.59 Å². The van der Waals surface area contributed by atoms with Crippen LogP contribution in [0.25, 0.3) is 0 Å². The first-order valence-corrected chi connectivity index (χ1v) is 18.9. The molecule has 1 atom stereocenters. The van der Waals surface area contributed by atoms with Crippen LogP contribution in [0.2, 0.25) is 0 Å². The van der Waals surface area contributed by atoms with Crippen molar-refractivity contribution in [3.63, 3.8) is 0 Å². The first-order chi connectivity index (χ1) is 24.8. The van der Waals surface area contributed by atoms with E-state index in [0.29, 0.717) is 49.5 Å². The summed E-state index contributed by atoms with van der Waals surface area (Å²) in [5.41, 5.74) is 1.16. The highest BCUT2D eigenvalue weighted by Gasteiger charge is 2.30. The molecule has 1 saturated carbocycles. The predicted molar refractivity (Wildman–Crippen MR) is 204 cm³/mol. The zero-order chi connectivity index (χ0) is 39.4. The number of nitrogens with zero attached hydrogens (tertiary/aromatic N) is 3. The van der Waals surface area contributed by atoms with Crippen LogP contribution in [0, 0.1) is 11.7 Å². The Hall–Kier alpha value is -3.28. The molecule has 52 heavy (non-hydrogen) atoms. The van der Waals surface area contributed by atoms with E-state index in [9.17, 15) is 27.2 Å². The summed E-state index contributed by atoms with van der Waals surface area (Å²) in [7, 11) is 1.67. The van der Waals surface area contributed by atoms with Crippen LogP contribution in [0.4, 0.5) is 17.6 Å². The third-order valence-electron chi connectivity index (χ3n) is 8.56. The quantitative estimate of drug-likeness (QED) is 0.0982. The lowest BCUT2D eigenvalue weighted by Crippen LogP contribution is -2.40. The Bertz CT molecular complexity index is 1160. The van der Waals surface area contributed by atoms with Gasteiger partial charge in [0.25, 0.3) is 0 Å². The van der Waals surface area contributed by atoms with Gasteiger partial charge < -0.3 is 20.3 Å². The van der Waals surface area contributed by atoms with Crippen molar-refractivity contribution in [2.24, 2.45) is 5.92 Å². The zero-order valence-electron chi connectivity index (χ0n) is 32.6. The monoisotopic (exact) mass is 739 g/mol. The summed E-state index contributed by atoms with van der Waals surface area (Å²) in [6.45, 7) is 18.3. The molecule has 2 fully saturated rings. The normalized spacial score (nSPS) is 14.8. The molecule has 7 nitrogen and oxygen atoms in total. The second-order valence-electron chi connectivity index (χ2n) is 13.0. The van der Waals surface area contributed by atoms with Crippen LogP contribution >= 0.6 is 0 Å². The van der Waals surface area contributed by atoms with Crippen LogP contribution in [0.3, 0.4) is 0 Å². The summed E-state index contributed by atoms with van der Waals surface area (Å²) < 4.78 is 48.7. The van der Waals surface area contributed by atoms with Crippen molar-refractivity contribution in [1.82, 2.24) is 20.2 Å². The predicted octanol–water partition coefficient (Wildman–Crippen LogP) is 9.76.